The zero-order chi connectivity index (χ0) is 20.9. The summed E-state index contributed by atoms with van der Waals surface area (Å²) < 4.78 is 32.5. The maximum Gasteiger partial charge on any atom is 0.251 e. The molecule has 1 N–H and O–H groups in total. The first kappa shape index (κ1) is 21.5. The van der Waals surface area contributed by atoms with E-state index in [9.17, 15) is 13.2 Å². The van der Waals surface area contributed by atoms with Gasteiger partial charge in [-0.3, -0.25) is 4.79 Å². The van der Waals surface area contributed by atoms with E-state index in [0.29, 0.717) is 25.3 Å². The van der Waals surface area contributed by atoms with Crippen LogP contribution in [0.15, 0.2) is 53.4 Å². The molecule has 0 aromatic heterocycles. The van der Waals surface area contributed by atoms with Crippen molar-refractivity contribution in [3.05, 3.63) is 65.2 Å². The minimum absolute atomic E-state index is 0.00518. The zero-order valence-electron chi connectivity index (χ0n) is 16.9. The van der Waals surface area contributed by atoms with E-state index in [0.717, 1.165) is 30.4 Å². The van der Waals surface area contributed by atoms with Gasteiger partial charge in [0.2, 0.25) is 10.0 Å². The molecule has 156 valence electrons. The summed E-state index contributed by atoms with van der Waals surface area (Å²) >= 11 is 0. The van der Waals surface area contributed by atoms with Crippen LogP contribution in [0, 0.1) is 0 Å². The third-order valence-electron chi connectivity index (χ3n) is 5.22. The maximum atomic E-state index is 12.9. The van der Waals surface area contributed by atoms with E-state index in [2.05, 4.69) is 5.32 Å². The Balaban J connectivity index is 1.65. The Bertz CT molecular complexity index is 942. The number of rotatable bonds is 7. The number of hydrogen-bond acceptors (Lipinski definition) is 4. The van der Waals surface area contributed by atoms with Gasteiger partial charge in [-0.25, -0.2) is 8.42 Å². The third-order valence-corrected chi connectivity index (χ3v) is 7.25. The van der Waals surface area contributed by atoms with Gasteiger partial charge in [-0.05, 0) is 55.2 Å². The molecular weight excluding hydrogens is 388 g/mol. The molecule has 2 aromatic rings. The van der Waals surface area contributed by atoms with E-state index >= 15 is 0 Å². The predicted octanol–water partition coefficient (Wildman–Crippen LogP) is 3.33. The molecule has 1 fully saturated rings. The molecule has 29 heavy (non-hydrogen) atoms. The van der Waals surface area contributed by atoms with Crippen molar-refractivity contribution >= 4 is 15.9 Å². The van der Waals surface area contributed by atoms with Crippen molar-refractivity contribution in [2.45, 2.75) is 50.3 Å². The van der Waals surface area contributed by atoms with Crippen LogP contribution in [0.3, 0.4) is 0 Å². The van der Waals surface area contributed by atoms with Crippen LogP contribution in [0.5, 0.6) is 0 Å². The molecule has 7 heteroatoms. The Morgan fingerprint density at radius 1 is 1.14 bits per heavy atom. The normalized spacial score (nSPS) is 17.8. The molecule has 2 aromatic carbocycles. The molecule has 1 atom stereocenters. The summed E-state index contributed by atoms with van der Waals surface area (Å²) in [5, 5.41) is 2.87. The van der Waals surface area contributed by atoms with E-state index in [4.69, 9.17) is 4.74 Å². The monoisotopic (exact) mass is 416 g/mol. The Morgan fingerprint density at radius 3 is 2.55 bits per heavy atom. The molecule has 0 bridgehead atoms. The van der Waals surface area contributed by atoms with E-state index in [1.807, 2.05) is 31.2 Å². The molecule has 0 saturated carbocycles. The minimum Gasteiger partial charge on any atom is -0.380 e. The molecule has 6 nitrogen and oxygen atoms in total. The number of nitrogens with zero attached hydrogens (tertiary/aromatic N) is 1. The fourth-order valence-corrected chi connectivity index (χ4v) is 5.32. The number of carbonyl (C=O) groups excluding carboxylic acids is 1. The first-order valence-corrected chi connectivity index (χ1v) is 11.3. The number of sulfonamides is 1. The van der Waals surface area contributed by atoms with Gasteiger partial charge < -0.3 is 10.1 Å². The minimum atomic E-state index is -3.53. The number of benzene rings is 2. The topological polar surface area (TPSA) is 75.7 Å². The Kier molecular flexibility index (Phi) is 7.05. The van der Waals surface area contributed by atoms with E-state index < -0.39 is 10.0 Å². The van der Waals surface area contributed by atoms with Crippen LogP contribution in [-0.4, -0.2) is 38.3 Å². The molecule has 1 unspecified atom stereocenters. The smallest absolute Gasteiger partial charge is 0.251 e. The summed E-state index contributed by atoms with van der Waals surface area (Å²) in [5.41, 5.74) is 2.45. The molecule has 1 amide bonds. The van der Waals surface area contributed by atoms with Gasteiger partial charge in [-0.15, -0.1) is 0 Å². The summed E-state index contributed by atoms with van der Waals surface area (Å²) in [7, 11) is -1.89. The Labute approximate surface area is 172 Å². The zero-order valence-corrected chi connectivity index (χ0v) is 17.7. The second-order valence-corrected chi connectivity index (χ2v) is 9.31. The molecule has 1 heterocycles. The van der Waals surface area contributed by atoms with Gasteiger partial charge in [-0.1, -0.05) is 30.7 Å². The Morgan fingerprint density at radius 2 is 1.86 bits per heavy atom. The molecule has 0 radical (unpaired) electrons. The summed E-state index contributed by atoms with van der Waals surface area (Å²) in [6.07, 6.45) is 2.82. The van der Waals surface area contributed by atoms with Crippen molar-refractivity contribution in [2.24, 2.45) is 0 Å². The van der Waals surface area contributed by atoms with E-state index in [1.54, 1.807) is 23.5 Å². The van der Waals surface area contributed by atoms with Crippen LogP contribution in [0.2, 0.25) is 0 Å². The molecule has 1 aliphatic heterocycles. The number of ether oxygens (including phenoxy) is 1. The van der Waals surface area contributed by atoms with Crippen LogP contribution >= 0.6 is 0 Å². The first-order valence-electron chi connectivity index (χ1n) is 9.88. The lowest BCUT2D eigenvalue weighted by atomic mass is 10.1. The van der Waals surface area contributed by atoms with Crippen molar-refractivity contribution in [1.82, 2.24) is 9.62 Å². The van der Waals surface area contributed by atoms with Crippen LogP contribution < -0.4 is 5.32 Å². The number of methoxy groups -OCH3 is 1. The van der Waals surface area contributed by atoms with E-state index in [-0.39, 0.29) is 16.8 Å². The second kappa shape index (κ2) is 9.52. The largest absolute Gasteiger partial charge is 0.380 e. The van der Waals surface area contributed by atoms with Gasteiger partial charge in [0.05, 0.1) is 11.5 Å². The van der Waals surface area contributed by atoms with Gasteiger partial charge in [0, 0.05) is 31.8 Å². The van der Waals surface area contributed by atoms with Crippen molar-refractivity contribution in [3.8, 4) is 0 Å². The van der Waals surface area contributed by atoms with Crippen molar-refractivity contribution in [1.29, 1.82) is 0 Å². The molecule has 3 rings (SSSR count). The quantitative estimate of drug-likeness (QED) is 0.751. The summed E-state index contributed by atoms with van der Waals surface area (Å²) in [6, 6.07) is 14.0. The van der Waals surface area contributed by atoms with Gasteiger partial charge in [0.1, 0.15) is 0 Å². The highest BCUT2D eigenvalue weighted by atomic mass is 32.2. The molecule has 1 saturated heterocycles. The molecule has 0 spiro atoms. The summed E-state index contributed by atoms with van der Waals surface area (Å²) in [4.78, 5) is 12.7. The van der Waals surface area contributed by atoms with E-state index in [1.165, 1.54) is 12.1 Å². The van der Waals surface area contributed by atoms with Gasteiger partial charge >= 0.3 is 0 Å². The average molecular weight is 417 g/mol. The maximum absolute atomic E-state index is 12.9. The SMILES string of the molecule is COCc1cccc(CNC(=O)c2ccc(S(=O)(=O)N3CCCCC3C)cc2)c1. The van der Waals surface area contributed by atoms with Gasteiger partial charge in [-0.2, -0.15) is 4.31 Å². The second-order valence-electron chi connectivity index (χ2n) is 7.42. The highest BCUT2D eigenvalue weighted by Crippen LogP contribution is 2.25. The van der Waals surface area contributed by atoms with Crippen LogP contribution in [0.1, 0.15) is 47.7 Å². The highest BCUT2D eigenvalue weighted by molar-refractivity contribution is 7.89. The standard InChI is InChI=1S/C22H28N2O4S/c1-17-6-3-4-13-24(17)29(26,27)21-11-9-20(10-12-21)22(25)23-15-18-7-5-8-19(14-18)16-28-2/h5,7-12,14,17H,3-4,6,13,15-16H2,1-2H3,(H,23,25). The van der Waals surface area contributed by atoms with Crippen molar-refractivity contribution < 1.29 is 17.9 Å². The van der Waals surface area contributed by atoms with Crippen LogP contribution in [-0.2, 0) is 27.9 Å². The highest BCUT2D eigenvalue weighted by Gasteiger charge is 2.30. The fourth-order valence-electron chi connectivity index (χ4n) is 3.62. The molecular formula is C22H28N2O4S. The summed E-state index contributed by atoms with van der Waals surface area (Å²) in [6.45, 7) is 3.41. The van der Waals surface area contributed by atoms with Crippen molar-refractivity contribution in [2.75, 3.05) is 13.7 Å². The lowest BCUT2D eigenvalue weighted by Crippen LogP contribution is -2.41. The van der Waals surface area contributed by atoms with Gasteiger partial charge in [0.25, 0.3) is 5.91 Å². The van der Waals surface area contributed by atoms with Gasteiger partial charge in [0.15, 0.2) is 0 Å². The Hall–Kier alpha value is -2.22. The molecule has 1 aliphatic rings. The average Bonchev–Trinajstić information content (AvgIpc) is 2.73. The first-order chi connectivity index (χ1) is 13.9. The number of hydrogen-bond donors (Lipinski definition) is 1. The number of amides is 1. The molecule has 0 aliphatic carbocycles. The van der Waals surface area contributed by atoms with Crippen LogP contribution in [0.25, 0.3) is 0 Å². The number of carbonyl (C=O) groups is 1. The third kappa shape index (κ3) is 5.23. The van der Waals surface area contributed by atoms with Crippen LogP contribution in [0.4, 0.5) is 0 Å². The predicted molar refractivity (Wildman–Crippen MR) is 112 cm³/mol. The fraction of sp³-hybridized carbons (Fsp3) is 0.409. The summed E-state index contributed by atoms with van der Waals surface area (Å²) in [5.74, 6) is -0.238. The lowest BCUT2D eigenvalue weighted by molar-refractivity contribution is 0.0950. The number of piperidine rings is 1. The lowest BCUT2D eigenvalue weighted by Gasteiger charge is -2.32. The number of nitrogens with one attached hydrogen (secondary N) is 1. The van der Waals surface area contributed by atoms with Crippen molar-refractivity contribution in [3.63, 3.8) is 0 Å².